The monoisotopic (exact) mass is 484 g/mol. The molecule has 0 heterocycles. The molecule has 0 radical (unpaired) electrons. The van der Waals surface area contributed by atoms with Crippen molar-refractivity contribution >= 4 is 5.97 Å². The number of aliphatic hydroxyl groups is 2. The number of esters is 1. The molecule has 4 rings (SSSR count). The second kappa shape index (κ2) is 8.87. The van der Waals surface area contributed by atoms with Crippen molar-refractivity contribution in [1.82, 2.24) is 0 Å². The minimum Gasteiger partial charge on any atom is -0.466 e. The average molecular weight is 485 g/mol. The third-order valence-electron chi connectivity index (χ3n) is 11.6. The highest BCUT2D eigenvalue weighted by Gasteiger charge is 2.60. The smallest absolute Gasteiger partial charge is 0.333 e. The van der Waals surface area contributed by atoms with Gasteiger partial charge in [-0.2, -0.15) is 0 Å². The molecule has 0 aromatic rings. The Labute approximate surface area is 212 Å². The summed E-state index contributed by atoms with van der Waals surface area (Å²) in [5.41, 5.74) is 5.67. The van der Waals surface area contributed by atoms with Gasteiger partial charge in [0.2, 0.25) is 0 Å². The van der Waals surface area contributed by atoms with Crippen LogP contribution in [0.2, 0.25) is 0 Å². The largest absolute Gasteiger partial charge is 0.466 e. The predicted octanol–water partition coefficient (Wildman–Crippen LogP) is 6.52. The lowest BCUT2D eigenvalue weighted by Crippen LogP contribution is -2.53. The highest BCUT2D eigenvalue weighted by molar-refractivity contribution is 5.87. The van der Waals surface area contributed by atoms with E-state index in [1.807, 2.05) is 0 Å². The molecule has 0 saturated heterocycles. The molecule has 0 aromatic heterocycles. The van der Waals surface area contributed by atoms with E-state index in [1.165, 1.54) is 7.11 Å². The molecular weight excluding hydrogens is 436 g/mol. The zero-order valence-electron chi connectivity index (χ0n) is 23.3. The Bertz CT molecular complexity index is 970. The molecule has 2 N–H and O–H groups in total. The normalized spacial score (nSPS) is 40.3. The Kier molecular flexibility index (Phi) is 6.76. The highest BCUT2D eigenvalue weighted by Crippen LogP contribution is 2.69. The van der Waals surface area contributed by atoms with Crippen molar-refractivity contribution in [2.24, 2.45) is 33.5 Å². The lowest BCUT2D eigenvalue weighted by atomic mass is 9.45. The van der Waals surface area contributed by atoms with E-state index in [0.717, 1.165) is 44.9 Å². The summed E-state index contributed by atoms with van der Waals surface area (Å²) in [4.78, 5) is 11.8. The topological polar surface area (TPSA) is 66.8 Å². The van der Waals surface area contributed by atoms with Gasteiger partial charge in [-0.05, 0) is 109 Å². The van der Waals surface area contributed by atoms with E-state index in [9.17, 15) is 15.0 Å². The molecule has 196 valence electrons. The molecule has 4 nitrogen and oxygen atoms in total. The van der Waals surface area contributed by atoms with Crippen LogP contribution in [-0.4, -0.2) is 35.5 Å². The molecule has 0 amide bonds. The first kappa shape index (κ1) is 26.7. The molecule has 4 aliphatic carbocycles. The molecule has 0 bridgehead atoms. The molecule has 35 heavy (non-hydrogen) atoms. The summed E-state index contributed by atoms with van der Waals surface area (Å²) >= 11 is 0. The van der Waals surface area contributed by atoms with E-state index < -0.39 is 6.10 Å². The molecule has 0 spiro atoms. The predicted molar refractivity (Wildman–Crippen MR) is 141 cm³/mol. The number of fused-ring (bicyclic) bond motifs is 4. The zero-order valence-corrected chi connectivity index (χ0v) is 23.3. The molecule has 4 aliphatic rings. The number of allylic oxidation sites excluding steroid dienone is 4. The van der Waals surface area contributed by atoms with Gasteiger partial charge < -0.3 is 14.9 Å². The fourth-order valence-electron chi connectivity index (χ4n) is 8.88. The van der Waals surface area contributed by atoms with Crippen LogP contribution in [0.5, 0.6) is 0 Å². The highest BCUT2D eigenvalue weighted by atomic mass is 16.5. The van der Waals surface area contributed by atoms with E-state index in [4.69, 9.17) is 4.74 Å². The molecule has 4 heteroatoms. The third kappa shape index (κ3) is 3.89. The second-order valence-electron chi connectivity index (χ2n) is 13.5. The number of rotatable bonds is 5. The maximum atomic E-state index is 11.8. The van der Waals surface area contributed by atoms with Crippen molar-refractivity contribution in [2.75, 3.05) is 7.11 Å². The van der Waals surface area contributed by atoms with Crippen LogP contribution < -0.4 is 0 Å². The Morgan fingerprint density at radius 3 is 2.51 bits per heavy atom. The van der Waals surface area contributed by atoms with Crippen molar-refractivity contribution in [3.8, 4) is 0 Å². The summed E-state index contributed by atoms with van der Waals surface area (Å²) in [7, 11) is 1.37. The number of ether oxygens (including phenoxy) is 1. The van der Waals surface area contributed by atoms with Crippen molar-refractivity contribution in [3.05, 3.63) is 34.4 Å². The number of carbonyl (C=O) groups excluding carboxylic acids is 1. The van der Waals surface area contributed by atoms with Gasteiger partial charge in [-0.1, -0.05) is 53.2 Å². The van der Waals surface area contributed by atoms with Gasteiger partial charge in [-0.25, -0.2) is 4.79 Å². The van der Waals surface area contributed by atoms with Crippen LogP contribution in [0.3, 0.4) is 0 Å². The number of aliphatic hydroxyl groups excluding tert-OH is 2. The van der Waals surface area contributed by atoms with Crippen LogP contribution in [0, 0.1) is 33.5 Å². The zero-order chi connectivity index (χ0) is 26.0. The van der Waals surface area contributed by atoms with E-state index >= 15 is 0 Å². The van der Waals surface area contributed by atoms with E-state index in [-0.39, 0.29) is 33.7 Å². The molecule has 7 unspecified atom stereocenters. The van der Waals surface area contributed by atoms with E-state index in [1.54, 1.807) is 29.7 Å². The van der Waals surface area contributed by atoms with Gasteiger partial charge in [0, 0.05) is 5.57 Å². The van der Waals surface area contributed by atoms with E-state index in [0.29, 0.717) is 23.8 Å². The minimum atomic E-state index is -0.655. The number of hydrogen-bond donors (Lipinski definition) is 2. The van der Waals surface area contributed by atoms with Gasteiger partial charge in [-0.3, -0.25) is 0 Å². The van der Waals surface area contributed by atoms with Gasteiger partial charge in [0.1, 0.15) is 0 Å². The summed E-state index contributed by atoms with van der Waals surface area (Å²) in [6, 6.07) is 0. The van der Waals surface area contributed by atoms with Gasteiger partial charge in [-0.15, -0.1) is 0 Å². The van der Waals surface area contributed by atoms with Crippen molar-refractivity contribution in [1.29, 1.82) is 0 Å². The average Bonchev–Trinajstić information content (AvgIpc) is 3.08. The van der Waals surface area contributed by atoms with Crippen molar-refractivity contribution in [3.63, 3.8) is 0 Å². The minimum absolute atomic E-state index is 0.0364. The molecule has 1 saturated carbocycles. The summed E-state index contributed by atoms with van der Waals surface area (Å²) in [6.45, 7) is 15.9. The van der Waals surface area contributed by atoms with Crippen LogP contribution in [0.1, 0.15) is 99.8 Å². The summed E-state index contributed by atoms with van der Waals surface area (Å²) < 4.78 is 4.79. The molecule has 0 aromatic carbocycles. The fraction of sp³-hybridized carbons (Fsp3) is 0.774. The van der Waals surface area contributed by atoms with Crippen LogP contribution >= 0.6 is 0 Å². The standard InChI is InChI=1S/C31H48O4/c1-19(27(34)35-8)17-21(32)18-20(2)30(6)15-12-24-22-9-10-25-28(3,4)26(33)13-14-29(25,5)23(22)11-16-31(24,30)7/h12,17,20-21,25-26,32-33H,9-11,13-16,18H2,1-8H3. The van der Waals surface area contributed by atoms with Crippen LogP contribution in [0.4, 0.5) is 0 Å². The quantitative estimate of drug-likeness (QED) is 0.344. The number of carbonyl (C=O) groups is 1. The SMILES string of the molecule is COC(=O)C(C)=CC(O)CC(C)C1(C)CC=C2C3=C(CCC21C)C1(C)CCC(O)C(C)(C)C1CC3. The Balaban J connectivity index is 1.60. The maximum Gasteiger partial charge on any atom is 0.333 e. The second-order valence-corrected chi connectivity index (χ2v) is 13.5. The molecule has 0 aliphatic heterocycles. The van der Waals surface area contributed by atoms with Gasteiger partial charge in [0.05, 0.1) is 19.3 Å². The Hall–Kier alpha value is -1.39. The first-order valence-corrected chi connectivity index (χ1v) is 13.8. The van der Waals surface area contributed by atoms with Gasteiger partial charge in [0.15, 0.2) is 0 Å². The summed E-state index contributed by atoms with van der Waals surface area (Å²) in [5, 5.41) is 21.6. The van der Waals surface area contributed by atoms with Crippen molar-refractivity contribution in [2.45, 2.75) is 112 Å². The lowest BCUT2D eigenvalue weighted by Gasteiger charge is -2.60. The van der Waals surface area contributed by atoms with Gasteiger partial charge >= 0.3 is 5.97 Å². The Morgan fingerprint density at radius 2 is 1.86 bits per heavy atom. The third-order valence-corrected chi connectivity index (χ3v) is 11.6. The summed E-state index contributed by atoms with van der Waals surface area (Å²) in [6.07, 6.45) is 11.6. The van der Waals surface area contributed by atoms with Crippen LogP contribution in [0.15, 0.2) is 34.4 Å². The number of methoxy groups -OCH3 is 1. The molecule has 7 atom stereocenters. The maximum absolute atomic E-state index is 11.8. The molecular formula is C31H48O4. The first-order chi connectivity index (χ1) is 16.2. The first-order valence-electron chi connectivity index (χ1n) is 13.8. The van der Waals surface area contributed by atoms with E-state index in [2.05, 4.69) is 47.6 Å². The van der Waals surface area contributed by atoms with Crippen LogP contribution in [-0.2, 0) is 9.53 Å². The molecule has 1 fully saturated rings. The Morgan fingerprint density at radius 1 is 1.17 bits per heavy atom. The number of hydrogen-bond acceptors (Lipinski definition) is 4. The van der Waals surface area contributed by atoms with Crippen LogP contribution in [0.25, 0.3) is 0 Å². The lowest BCUT2D eigenvalue weighted by molar-refractivity contribution is -0.136. The van der Waals surface area contributed by atoms with Crippen molar-refractivity contribution < 1.29 is 19.7 Å². The van der Waals surface area contributed by atoms with Gasteiger partial charge in [0.25, 0.3) is 0 Å². The fourth-order valence-corrected chi connectivity index (χ4v) is 8.88. The summed E-state index contributed by atoms with van der Waals surface area (Å²) in [5.74, 6) is 0.457.